The number of carbonyl (C=O) groups excluding carboxylic acids is 1. The molecule has 0 bridgehead atoms. The number of thiophene rings is 1. The summed E-state index contributed by atoms with van der Waals surface area (Å²) in [7, 11) is 3.19. The molecule has 27 heavy (non-hydrogen) atoms. The van der Waals surface area contributed by atoms with Crippen LogP contribution in [0.4, 0.5) is 5.69 Å². The molecule has 1 atom stereocenters. The highest BCUT2D eigenvalue weighted by molar-refractivity contribution is 7.09. The highest BCUT2D eigenvalue weighted by Crippen LogP contribution is 2.29. The second-order valence-electron chi connectivity index (χ2n) is 6.62. The molecule has 1 unspecified atom stereocenters. The standard InChI is InChI=1S/C20H27N3O3S/c1-15(20(24)21-18-13-16(25-2)6-7-19(18)26-3)23-10-8-22(9-11-23)14-17-5-4-12-27-17/h4-7,12-13,15H,8-11,14H2,1-3H3,(H,21,24). The Balaban J connectivity index is 1.55. The lowest BCUT2D eigenvalue weighted by Gasteiger charge is -2.37. The second kappa shape index (κ2) is 9.21. The van der Waals surface area contributed by atoms with Crippen molar-refractivity contribution in [1.82, 2.24) is 9.80 Å². The maximum Gasteiger partial charge on any atom is 0.241 e. The number of amides is 1. The van der Waals surface area contributed by atoms with Crippen LogP contribution in [-0.4, -0.2) is 62.1 Å². The van der Waals surface area contributed by atoms with E-state index in [0.29, 0.717) is 17.2 Å². The van der Waals surface area contributed by atoms with Crippen LogP contribution >= 0.6 is 11.3 Å². The molecule has 0 aliphatic carbocycles. The third-order valence-electron chi connectivity index (χ3n) is 4.96. The van der Waals surface area contributed by atoms with E-state index in [0.717, 1.165) is 32.7 Å². The van der Waals surface area contributed by atoms with Gasteiger partial charge in [-0.15, -0.1) is 11.3 Å². The Morgan fingerprint density at radius 1 is 1.19 bits per heavy atom. The first-order chi connectivity index (χ1) is 13.1. The first-order valence-electron chi connectivity index (χ1n) is 9.12. The molecule has 1 aliphatic rings. The van der Waals surface area contributed by atoms with E-state index < -0.39 is 0 Å². The van der Waals surface area contributed by atoms with Crippen LogP contribution in [0.2, 0.25) is 0 Å². The van der Waals surface area contributed by atoms with Gasteiger partial charge in [0.1, 0.15) is 11.5 Å². The Bertz CT molecular complexity index is 743. The van der Waals surface area contributed by atoms with Crippen LogP contribution in [0, 0.1) is 0 Å². The highest BCUT2D eigenvalue weighted by atomic mass is 32.1. The summed E-state index contributed by atoms with van der Waals surface area (Å²) < 4.78 is 10.6. The van der Waals surface area contributed by atoms with Gasteiger partial charge < -0.3 is 14.8 Å². The zero-order valence-electron chi connectivity index (χ0n) is 16.1. The zero-order valence-corrected chi connectivity index (χ0v) is 16.9. The number of piperazine rings is 1. The lowest BCUT2D eigenvalue weighted by Crippen LogP contribution is -2.52. The molecule has 1 N–H and O–H groups in total. The third kappa shape index (κ3) is 5.00. The number of methoxy groups -OCH3 is 2. The van der Waals surface area contributed by atoms with Gasteiger partial charge >= 0.3 is 0 Å². The number of hydrogen-bond donors (Lipinski definition) is 1. The van der Waals surface area contributed by atoms with Crippen LogP contribution < -0.4 is 14.8 Å². The van der Waals surface area contributed by atoms with Gasteiger partial charge in [-0.05, 0) is 30.5 Å². The van der Waals surface area contributed by atoms with E-state index >= 15 is 0 Å². The summed E-state index contributed by atoms with van der Waals surface area (Å²) in [6.45, 7) is 6.66. The van der Waals surface area contributed by atoms with Gasteiger partial charge in [0.25, 0.3) is 0 Å². The lowest BCUT2D eigenvalue weighted by molar-refractivity contribution is -0.121. The average Bonchev–Trinajstić information content (AvgIpc) is 3.21. The fourth-order valence-electron chi connectivity index (χ4n) is 3.25. The largest absolute Gasteiger partial charge is 0.497 e. The van der Waals surface area contributed by atoms with Crippen molar-refractivity contribution in [2.45, 2.75) is 19.5 Å². The van der Waals surface area contributed by atoms with Crippen molar-refractivity contribution in [3.05, 3.63) is 40.6 Å². The number of rotatable bonds is 7. The molecule has 2 aromatic rings. The number of hydrogen-bond acceptors (Lipinski definition) is 6. The van der Waals surface area contributed by atoms with Crippen LogP contribution in [0.1, 0.15) is 11.8 Å². The van der Waals surface area contributed by atoms with E-state index in [1.807, 2.05) is 13.0 Å². The van der Waals surface area contributed by atoms with Crippen molar-refractivity contribution in [2.24, 2.45) is 0 Å². The molecule has 1 saturated heterocycles. The van der Waals surface area contributed by atoms with Gasteiger partial charge in [-0.25, -0.2) is 0 Å². The topological polar surface area (TPSA) is 54.0 Å². The van der Waals surface area contributed by atoms with Gasteiger partial charge in [0, 0.05) is 43.7 Å². The van der Waals surface area contributed by atoms with E-state index in [9.17, 15) is 4.79 Å². The highest BCUT2D eigenvalue weighted by Gasteiger charge is 2.26. The number of nitrogens with zero attached hydrogens (tertiary/aromatic N) is 2. The molecule has 1 aliphatic heterocycles. The summed E-state index contributed by atoms with van der Waals surface area (Å²) >= 11 is 1.79. The second-order valence-corrected chi connectivity index (χ2v) is 7.66. The van der Waals surface area contributed by atoms with Crippen LogP contribution in [0.3, 0.4) is 0 Å². The fourth-order valence-corrected chi connectivity index (χ4v) is 3.99. The van der Waals surface area contributed by atoms with Crippen LogP contribution in [-0.2, 0) is 11.3 Å². The number of carbonyl (C=O) groups is 1. The van der Waals surface area contributed by atoms with E-state index in [-0.39, 0.29) is 11.9 Å². The molecule has 146 valence electrons. The summed E-state index contributed by atoms with van der Waals surface area (Å²) in [5, 5.41) is 5.10. The van der Waals surface area contributed by atoms with E-state index in [1.54, 1.807) is 37.7 Å². The molecule has 2 heterocycles. The molecular formula is C20H27N3O3S. The van der Waals surface area contributed by atoms with Crippen molar-refractivity contribution in [3.8, 4) is 11.5 Å². The van der Waals surface area contributed by atoms with Gasteiger partial charge in [-0.2, -0.15) is 0 Å². The predicted octanol–water partition coefficient (Wildman–Crippen LogP) is 2.91. The summed E-state index contributed by atoms with van der Waals surface area (Å²) in [6.07, 6.45) is 0. The number of anilines is 1. The van der Waals surface area contributed by atoms with Gasteiger partial charge in [0.05, 0.1) is 25.9 Å². The van der Waals surface area contributed by atoms with Gasteiger partial charge in [-0.1, -0.05) is 6.07 Å². The monoisotopic (exact) mass is 389 g/mol. The smallest absolute Gasteiger partial charge is 0.241 e. The molecule has 1 aromatic carbocycles. The van der Waals surface area contributed by atoms with Crippen LogP contribution in [0.15, 0.2) is 35.7 Å². The molecular weight excluding hydrogens is 362 g/mol. The molecule has 7 heteroatoms. The Morgan fingerprint density at radius 3 is 2.59 bits per heavy atom. The Kier molecular flexibility index (Phi) is 6.71. The maximum absolute atomic E-state index is 12.8. The Hall–Kier alpha value is -2.09. The molecule has 1 fully saturated rings. The van der Waals surface area contributed by atoms with Crippen molar-refractivity contribution in [2.75, 3.05) is 45.7 Å². The predicted molar refractivity (Wildman–Crippen MR) is 109 cm³/mol. The minimum atomic E-state index is -0.204. The summed E-state index contributed by atoms with van der Waals surface area (Å²) in [5.74, 6) is 1.27. The first-order valence-corrected chi connectivity index (χ1v) is 10.0. The molecule has 0 radical (unpaired) electrons. The maximum atomic E-state index is 12.8. The normalized spacial score (nSPS) is 16.7. The van der Waals surface area contributed by atoms with E-state index in [2.05, 4.69) is 32.6 Å². The molecule has 0 spiro atoms. The van der Waals surface area contributed by atoms with Crippen molar-refractivity contribution < 1.29 is 14.3 Å². The van der Waals surface area contributed by atoms with Crippen molar-refractivity contribution in [3.63, 3.8) is 0 Å². The molecule has 0 saturated carbocycles. The zero-order chi connectivity index (χ0) is 19.2. The quantitative estimate of drug-likeness (QED) is 0.789. The number of benzene rings is 1. The molecule has 1 amide bonds. The van der Waals surface area contributed by atoms with Gasteiger partial charge in [-0.3, -0.25) is 14.6 Å². The Morgan fingerprint density at radius 2 is 1.96 bits per heavy atom. The fraction of sp³-hybridized carbons (Fsp3) is 0.450. The molecule has 6 nitrogen and oxygen atoms in total. The molecule has 1 aromatic heterocycles. The van der Waals surface area contributed by atoms with Crippen LogP contribution in [0.25, 0.3) is 0 Å². The van der Waals surface area contributed by atoms with Crippen LogP contribution in [0.5, 0.6) is 11.5 Å². The minimum Gasteiger partial charge on any atom is -0.497 e. The lowest BCUT2D eigenvalue weighted by atomic mass is 10.2. The number of ether oxygens (including phenoxy) is 2. The third-order valence-corrected chi connectivity index (χ3v) is 5.82. The minimum absolute atomic E-state index is 0.0340. The molecule has 3 rings (SSSR count). The van der Waals surface area contributed by atoms with E-state index in [1.165, 1.54) is 4.88 Å². The van der Waals surface area contributed by atoms with E-state index in [4.69, 9.17) is 9.47 Å². The summed E-state index contributed by atoms with van der Waals surface area (Å²) in [6, 6.07) is 9.45. The first kappa shape index (κ1) is 19.7. The summed E-state index contributed by atoms with van der Waals surface area (Å²) in [4.78, 5) is 18.8. The van der Waals surface area contributed by atoms with Gasteiger partial charge in [0.2, 0.25) is 5.91 Å². The van der Waals surface area contributed by atoms with Crippen molar-refractivity contribution in [1.29, 1.82) is 0 Å². The number of nitrogens with one attached hydrogen (secondary N) is 1. The summed E-state index contributed by atoms with van der Waals surface area (Å²) in [5.41, 5.74) is 0.630. The average molecular weight is 390 g/mol. The van der Waals surface area contributed by atoms with Gasteiger partial charge in [0.15, 0.2) is 0 Å². The SMILES string of the molecule is COc1ccc(OC)c(NC(=O)C(C)N2CCN(Cc3cccs3)CC2)c1. The Labute approximate surface area is 164 Å². The van der Waals surface area contributed by atoms with Crippen molar-refractivity contribution >= 4 is 22.9 Å².